The molecule has 1 aromatic heterocycles. The topological polar surface area (TPSA) is 85.2 Å². The van der Waals surface area contributed by atoms with Gasteiger partial charge in [-0.25, -0.2) is 4.79 Å². The fourth-order valence-corrected chi connectivity index (χ4v) is 3.13. The number of hydrogen-bond acceptors (Lipinski definition) is 3. The zero-order valence-electron chi connectivity index (χ0n) is 13.9. The van der Waals surface area contributed by atoms with Crippen molar-refractivity contribution >= 4 is 33.7 Å². The molecule has 5 nitrogen and oxygen atoms in total. The normalized spacial score (nSPS) is 10.9. The van der Waals surface area contributed by atoms with Gasteiger partial charge in [0.1, 0.15) is 6.61 Å². The van der Waals surface area contributed by atoms with Gasteiger partial charge >= 0.3 is 5.97 Å². The second kappa shape index (κ2) is 6.37. The zero-order chi connectivity index (χ0) is 18.1. The highest BCUT2D eigenvalue weighted by molar-refractivity contribution is 6.21. The first-order valence-electron chi connectivity index (χ1n) is 8.19. The molecule has 128 valence electrons. The summed E-state index contributed by atoms with van der Waals surface area (Å²) in [5.41, 5.74) is 8.52. The van der Waals surface area contributed by atoms with E-state index in [0.717, 1.165) is 16.5 Å². The summed E-state index contributed by atoms with van der Waals surface area (Å²) < 4.78 is 5.47. The molecule has 0 aliphatic carbocycles. The van der Waals surface area contributed by atoms with E-state index >= 15 is 0 Å². The van der Waals surface area contributed by atoms with Crippen LogP contribution in [0.15, 0.2) is 66.7 Å². The van der Waals surface area contributed by atoms with Gasteiger partial charge in [-0.2, -0.15) is 0 Å². The van der Waals surface area contributed by atoms with Crippen LogP contribution in [0.1, 0.15) is 26.3 Å². The van der Waals surface area contributed by atoms with Gasteiger partial charge in [0, 0.05) is 16.3 Å². The summed E-state index contributed by atoms with van der Waals surface area (Å²) in [4.78, 5) is 27.7. The highest BCUT2D eigenvalue weighted by Crippen LogP contribution is 2.31. The van der Waals surface area contributed by atoms with Gasteiger partial charge in [0.25, 0.3) is 5.91 Å². The molecule has 1 amide bonds. The summed E-state index contributed by atoms with van der Waals surface area (Å²) in [5, 5.41) is 1.49. The Morgan fingerprint density at radius 2 is 1.58 bits per heavy atom. The van der Waals surface area contributed by atoms with Crippen molar-refractivity contribution in [2.24, 2.45) is 5.73 Å². The zero-order valence-corrected chi connectivity index (χ0v) is 13.9. The number of amides is 1. The molecule has 0 aliphatic rings. The van der Waals surface area contributed by atoms with E-state index in [4.69, 9.17) is 10.5 Å². The van der Waals surface area contributed by atoms with Crippen LogP contribution in [0.25, 0.3) is 21.8 Å². The number of nitrogens with one attached hydrogen (secondary N) is 1. The maximum atomic E-state index is 12.7. The van der Waals surface area contributed by atoms with Crippen LogP contribution >= 0.6 is 0 Å². The van der Waals surface area contributed by atoms with Crippen molar-refractivity contribution in [1.82, 2.24) is 4.98 Å². The molecular weight excluding hydrogens is 328 g/mol. The SMILES string of the molecule is NC(=O)c1ccc(C(=O)OCc2ccccc2)c2c1[nH]c1ccccc12. The van der Waals surface area contributed by atoms with Gasteiger partial charge < -0.3 is 15.5 Å². The summed E-state index contributed by atoms with van der Waals surface area (Å²) in [6.45, 7) is 0.182. The van der Waals surface area contributed by atoms with Crippen LogP contribution in [0, 0.1) is 0 Å². The number of ether oxygens (including phenoxy) is 1. The summed E-state index contributed by atoms with van der Waals surface area (Å²) in [5.74, 6) is -0.995. The molecule has 26 heavy (non-hydrogen) atoms. The molecule has 3 aromatic carbocycles. The van der Waals surface area contributed by atoms with Crippen LogP contribution in [0.2, 0.25) is 0 Å². The van der Waals surface area contributed by atoms with Crippen molar-refractivity contribution in [2.75, 3.05) is 0 Å². The maximum absolute atomic E-state index is 12.7. The Morgan fingerprint density at radius 1 is 0.885 bits per heavy atom. The third kappa shape index (κ3) is 2.69. The van der Waals surface area contributed by atoms with Gasteiger partial charge in [-0.15, -0.1) is 0 Å². The highest BCUT2D eigenvalue weighted by atomic mass is 16.5. The molecule has 0 radical (unpaired) electrons. The highest BCUT2D eigenvalue weighted by Gasteiger charge is 2.20. The van der Waals surface area contributed by atoms with E-state index in [1.165, 1.54) is 0 Å². The van der Waals surface area contributed by atoms with Gasteiger partial charge in [-0.3, -0.25) is 4.79 Å². The maximum Gasteiger partial charge on any atom is 0.339 e. The van der Waals surface area contributed by atoms with Gasteiger partial charge in [-0.1, -0.05) is 48.5 Å². The second-order valence-corrected chi connectivity index (χ2v) is 6.01. The number of fused-ring (bicyclic) bond motifs is 3. The number of nitrogens with two attached hydrogens (primary N) is 1. The number of aromatic amines is 1. The molecule has 0 atom stereocenters. The first-order chi connectivity index (χ1) is 12.6. The predicted molar refractivity (Wildman–Crippen MR) is 99.9 cm³/mol. The van der Waals surface area contributed by atoms with Crippen molar-refractivity contribution in [1.29, 1.82) is 0 Å². The molecule has 0 aliphatic heterocycles. The molecule has 4 rings (SSSR count). The number of H-pyrrole nitrogens is 1. The van der Waals surface area contributed by atoms with Crippen molar-refractivity contribution in [3.05, 3.63) is 83.4 Å². The Morgan fingerprint density at radius 3 is 2.35 bits per heavy atom. The van der Waals surface area contributed by atoms with Crippen LogP contribution in [0.3, 0.4) is 0 Å². The molecular formula is C21H16N2O3. The Kier molecular flexibility index (Phi) is 3.89. The smallest absolute Gasteiger partial charge is 0.339 e. The largest absolute Gasteiger partial charge is 0.457 e. The lowest BCUT2D eigenvalue weighted by molar-refractivity contribution is 0.0475. The van der Waals surface area contributed by atoms with Crippen LogP contribution in [-0.2, 0) is 11.3 Å². The van der Waals surface area contributed by atoms with E-state index < -0.39 is 11.9 Å². The lowest BCUT2D eigenvalue weighted by atomic mass is 10.0. The third-order valence-corrected chi connectivity index (χ3v) is 4.36. The summed E-state index contributed by atoms with van der Waals surface area (Å²) in [6, 6.07) is 20.2. The second-order valence-electron chi connectivity index (χ2n) is 6.01. The van der Waals surface area contributed by atoms with Crippen molar-refractivity contribution in [3.8, 4) is 0 Å². The van der Waals surface area contributed by atoms with Crippen molar-refractivity contribution in [3.63, 3.8) is 0 Å². The molecule has 0 saturated carbocycles. The Labute approximate surface area is 149 Å². The third-order valence-electron chi connectivity index (χ3n) is 4.36. The number of rotatable bonds is 4. The average Bonchev–Trinajstić information content (AvgIpc) is 3.05. The number of benzene rings is 3. The van der Waals surface area contributed by atoms with Gasteiger partial charge in [-0.05, 0) is 23.8 Å². The lowest BCUT2D eigenvalue weighted by Gasteiger charge is -2.08. The number of hydrogen-bond donors (Lipinski definition) is 2. The summed E-state index contributed by atoms with van der Waals surface area (Å²) in [6.07, 6.45) is 0. The number of primary amides is 1. The fraction of sp³-hybridized carbons (Fsp3) is 0.0476. The van der Waals surface area contributed by atoms with E-state index in [1.54, 1.807) is 12.1 Å². The number of esters is 1. The minimum absolute atomic E-state index is 0.182. The molecule has 0 bridgehead atoms. The van der Waals surface area contributed by atoms with Crippen LogP contribution in [-0.4, -0.2) is 16.9 Å². The Balaban J connectivity index is 1.80. The first kappa shape index (κ1) is 15.9. The molecule has 0 unspecified atom stereocenters. The van der Waals surface area contributed by atoms with Gasteiger partial charge in [0.15, 0.2) is 0 Å². The van der Waals surface area contributed by atoms with E-state index in [1.807, 2.05) is 54.6 Å². The molecule has 5 heteroatoms. The Bertz CT molecular complexity index is 1130. The minimum Gasteiger partial charge on any atom is -0.457 e. The lowest BCUT2D eigenvalue weighted by Crippen LogP contribution is -2.13. The van der Waals surface area contributed by atoms with Gasteiger partial charge in [0.2, 0.25) is 0 Å². The van der Waals surface area contributed by atoms with E-state index in [-0.39, 0.29) is 6.61 Å². The predicted octanol–water partition coefficient (Wildman–Crippen LogP) is 3.78. The molecule has 0 spiro atoms. The fourth-order valence-electron chi connectivity index (χ4n) is 3.13. The minimum atomic E-state index is -0.550. The van der Waals surface area contributed by atoms with E-state index in [0.29, 0.717) is 22.0 Å². The van der Waals surface area contributed by atoms with Gasteiger partial charge in [0.05, 0.1) is 16.6 Å². The molecule has 4 aromatic rings. The standard InChI is InChI=1S/C21H16N2O3/c22-20(24)16-11-10-15(21(25)26-12-13-6-2-1-3-7-13)18-14-8-4-5-9-17(14)23-19(16)18/h1-11,23H,12H2,(H2,22,24). The molecule has 0 saturated heterocycles. The summed E-state index contributed by atoms with van der Waals surface area (Å²) in [7, 11) is 0. The number of para-hydroxylation sites is 1. The van der Waals surface area contributed by atoms with Crippen LogP contribution < -0.4 is 5.73 Å². The first-order valence-corrected chi connectivity index (χ1v) is 8.19. The number of carbonyl (C=O) groups is 2. The Hall–Kier alpha value is -3.60. The van der Waals surface area contributed by atoms with E-state index in [2.05, 4.69) is 4.98 Å². The van der Waals surface area contributed by atoms with Crippen molar-refractivity contribution in [2.45, 2.75) is 6.61 Å². The molecule has 1 heterocycles. The van der Waals surface area contributed by atoms with Crippen molar-refractivity contribution < 1.29 is 14.3 Å². The number of carbonyl (C=O) groups excluding carboxylic acids is 2. The summed E-state index contributed by atoms with van der Waals surface area (Å²) >= 11 is 0. The molecule has 0 fully saturated rings. The van der Waals surface area contributed by atoms with Crippen LogP contribution in [0.5, 0.6) is 0 Å². The van der Waals surface area contributed by atoms with Crippen LogP contribution in [0.4, 0.5) is 0 Å². The average molecular weight is 344 g/mol. The quantitative estimate of drug-likeness (QED) is 0.553. The van der Waals surface area contributed by atoms with E-state index in [9.17, 15) is 9.59 Å². The number of aromatic nitrogens is 1. The monoisotopic (exact) mass is 344 g/mol. The molecule has 3 N–H and O–H groups in total.